The van der Waals surface area contributed by atoms with E-state index in [0.29, 0.717) is 22.8 Å². The molecule has 1 atom stereocenters. The minimum absolute atomic E-state index is 0.0688. The molecule has 0 saturated carbocycles. The molecule has 0 saturated heterocycles. The number of aromatic nitrogens is 3. The molecule has 2 aromatic carbocycles. The van der Waals surface area contributed by atoms with Crippen LogP contribution in [0.25, 0.3) is 33.7 Å². The molecular weight excluding hydrogens is 414 g/mol. The van der Waals surface area contributed by atoms with Crippen molar-refractivity contribution in [3.8, 4) is 22.8 Å². The van der Waals surface area contributed by atoms with Crippen LogP contribution < -0.4 is 0 Å². The summed E-state index contributed by atoms with van der Waals surface area (Å²) in [6.45, 7) is 8.10. The molecule has 0 bridgehead atoms. The Bertz CT molecular complexity index is 1270. The number of carboxylic acid groups (broad SMARTS) is 1. The fraction of sp³-hybridized carbons (Fsp3) is 0.292. The quantitative estimate of drug-likeness (QED) is 0.373. The number of hydrogen-bond donors (Lipinski definition) is 1. The Kier molecular flexibility index (Phi) is 5.58. The number of nitrogens with zero attached hydrogens (tertiary/aromatic N) is 3. The molecule has 160 valence electrons. The minimum atomic E-state index is -0.808. The molecule has 0 amide bonds. The largest absolute Gasteiger partial charge is 0.481 e. The molecule has 0 aliphatic rings. The Hall–Kier alpha value is -3.12. The van der Waals surface area contributed by atoms with Gasteiger partial charge in [0.1, 0.15) is 0 Å². The molecule has 0 aliphatic carbocycles. The summed E-state index contributed by atoms with van der Waals surface area (Å²) in [5.74, 6) is 0.0439. The highest BCUT2D eigenvalue weighted by Crippen LogP contribution is 2.33. The third-order valence-electron chi connectivity index (χ3n) is 5.55. The van der Waals surface area contributed by atoms with Crippen LogP contribution in [0.3, 0.4) is 0 Å². The Morgan fingerprint density at radius 3 is 2.65 bits per heavy atom. The second-order valence-corrected chi connectivity index (χ2v) is 8.61. The van der Waals surface area contributed by atoms with Crippen molar-refractivity contribution in [3.05, 3.63) is 58.7 Å². The van der Waals surface area contributed by atoms with Crippen LogP contribution in [0.15, 0.2) is 47.1 Å². The molecular formula is C24H24ClN3O3. The Morgan fingerprint density at radius 2 is 1.97 bits per heavy atom. The fourth-order valence-electron chi connectivity index (χ4n) is 3.85. The molecule has 0 fully saturated rings. The van der Waals surface area contributed by atoms with E-state index in [1.165, 1.54) is 0 Å². The van der Waals surface area contributed by atoms with Gasteiger partial charge in [0.25, 0.3) is 5.89 Å². The van der Waals surface area contributed by atoms with Crippen LogP contribution in [-0.4, -0.2) is 25.8 Å². The zero-order valence-corrected chi connectivity index (χ0v) is 18.6. The number of hydrogen-bond acceptors (Lipinski definition) is 4. The Morgan fingerprint density at radius 1 is 1.19 bits per heavy atom. The number of rotatable bonds is 6. The van der Waals surface area contributed by atoms with Gasteiger partial charge in [-0.15, -0.1) is 0 Å². The van der Waals surface area contributed by atoms with Gasteiger partial charge in [0, 0.05) is 34.3 Å². The van der Waals surface area contributed by atoms with Gasteiger partial charge in [-0.3, -0.25) is 4.79 Å². The smallest absolute Gasteiger partial charge is 0.303 e. The van der Waals surface area contributed by atoms with E-state index in [4.69, 9.17) is 21.2 Å². The van der Waals surface area contributed by atoms with Crippen molar-refractivity contribution >= 4 is 28.5 Å². The zero-order chi connectivity index (χ0) is 22.3. The fourth-order valence-corrected chi connectivity index (χ4v) is 4.10. The number of aryl methyl sites for hydroxylation is 1. The van der Waals surface area contributed by atoms with Crippen LogP contribution in [-0.2, 0) is 4.79 Å². The van der Waals surface area contributed by atoms with Gasteiger partial charge in [0.2, 0.25) is 5.82 Å². The first-order valence-electron chi connectivity index (χ1n) is 10.2. The molecule has 0 radical (unpaired) electrons. The number of halogens is 1. The molecule has 4 aromatic rings. The number of benzene rings is 2. The first kappa shape index (κ1) is 21.1. The third-order valence-corrected chi connectivity index (χ3v) is 5.86. The standard InChI is InChI=1S/C24H24ClN3O3/c1-13(2)28-12-20(25)19-11-17(6-8-21(19)28)24-26-23(27-31-24)18-7-5-16(9-15(18)4)14(3)10-22(29)30/h5-9,11-14H,10H2,1-4H3,(H,29,30). The topological polar surface area (TPSA) is 81.1 Å². The maximum atomic E-state index is 11.0. The molecule has 6 nitrogen and oxygen atoms in total. The summed E-state index contributed by atoms with van der Waals surface area (Å²) in [4.78, 5) is 15.6. The summed E-state index contributed by atoms with van der Waals surface area (Å²) in [5.41, 5.74) is 4.66. The van der Waals surface area contributed by atoms with E-state index in [9.17, 15) is 4.79 Å². The molecule has 0 spiro atoms. The van der Waals surface area contributed by atoms with Gasteiger partial charge in [-0.2, -0.15) is 4.98 Å². The summed E-state index contributed by atoms with van der Waals surface area (Å²) in [6.07, 6.45) is 2.03. The third kappa shape index (κ3) is 4.08. The lowest BCUT2D eigenvalue weighted by atomic mass is 9.94. The Labute approximate surface area is 185 Å². The maximum absolute atomic E-state index is 11.0. The highest BCUT2D eigenvalue weighted by atomic mass is 35.5. The summed E-state index contributed by atoms with van der Waals surface area (Å²) in [5, 5.41) is 14.8. The number of aliphatic carboxylic acids is 1. The summed E-state index contributed by atoms with van der Waals surface area (Å²) in [7, 11) is 0. The zero-order valence-electron chi connectivity index (χ0n) is 17.9. The van der Waals surface area contributed by atoms with Crippen LogP contribution >= 0.6 is 11.6 Å². The van der Waals surface area contributed by atoms with Gasteiger partial charge < -0.3 is 14.2 Å². The predicted molar refractivity (Wildman–Crippen MR) is 121 cm³/mol. The minimum Gasteiger partial charge on any atom is -0.481 e. The molecule has 2 heterocycles. The first-order valence-corrected chi connectivity index (χ1v) is 10.6. The molecule has 0 aliphatic heterocycles. The highest BCUT2D eigenvalue weighted by Gasteiger charge is 2.17. The SMILES string of the molecule is Cc1cc(C(C)CC(=O)O)ccc1-c1noc(-c2ccc3c(c2)c(Cl)cn3C(C)C)n1. The Balaban J connectivity index is 1.65. The van der Waals surface area contributed by atoms with Gasteiger partial charge in [0.15, 0.2) is 0 Å². The predicted octanol–water partition coefficient (Wildman–Crippen LogP) is 6.48. The lowest BCUT2D eigenvalue weighted by Gasteiger charge is -2.11. The van der Waals surface area contributed by atoms with Crippen molar-refractivity contribution in [2.24, 2.45) is 0 Å². The van der Waals surface area contributed by atoms with E-state index in [0.717, 1.165) is 33.2 Å². The monoisotopic (exact) mass is 437 g/mol. The molecule has 31 heavy (non-hydrogen) atoms. The van der Waals surface area contributed by atoms with Gasteiger partial charge in [-0.25, -0.2) is 0 Å². The van der Waals surface area contributed by atoms with Gasteiger partial charge in [-0.1, -0.05) is 41.9 Å². The van der Waals surface area contributed by atoms with Crippen LogP contribution in [0.5, 0.6) is 0 Å². The van der Waals surface area contributed by atoms with Crippen molar-refractivity contribution in [2.45, 2.75) is 46.1 Å². The van der Waals surface area contributed by atoms with Crippen molar-refractivity contribution in [2.75, 3.05) is 0 Å². The second kappa shape index (κ2) is 8.19. The molecule has 4 rings (SSSR count). The van der Waals surface area contributed by atoms with E-state index >= 15 is 0 Å². The summed E-state index contributed by atoms with van der Waals surface area (Å²) < 4.78 is 7.68. The van der Waals surface area contributed by atoms with Gasteiger partial charge in [-0.05, 0) is 56.0 Å². The lowest BCUT2D eigenvalue weighted by molar-refractivity contribution is -0.137. The maximum Gasteiger partial charge on any atom is 0.303 e. The van der Waals surface area contributed by atoms with Gasteiger partial charge in [0.05, 0.1) is 11.4 Å². The average molecular weight is 438 g/mol. The van der Waals surface area contributed by atoms with E-state index < -0.39 is 5.97 Å². The van der Waals surface area contributed by atoms with Crippen LogP contribution in [0, 0.1) is 6.92 Å². The molecule has 7 heteroatoms. The summed E-state index contributed by atoms with van der Waals surface area (Å²) in [6, 6.07) is 12.1. The number of fused-ring (bicyclic) bond motifs is 1. The van der Waals surface area contributed by atoms with Crippen LogP contribution in [0.1, 0.15) is 50.3 Å². The molecule has 1 unspecified atom stereocenters. The van der Waals surface area contributed by atoms with E-state index in [-0.39, 0.29) is 12.3 Å². The van der Waals surface area contributed by atoms with Crippen molar-refractivity contribution in [1.29, 1.82) is 0 Å². The normalized spacial score (nSPS) is 12.6. The van der Waals surface area contributed by atoms with Crippen LogP contribution in [0.4, 0.5) is 0 Å². The number of carboxylic acids is 1. The first-order chi connectivity index (χ1) is 14.7. The van der Waals surface area contributed by atoms with Gasteiger partial charge >= 0.3 is 5.97 Å². The molecule has 2 aromatic heterocycles. The van der Waals surface area contributed by atoms with Crippen molar-refractivity contribution < 1.29 is 14.4 Å². The summed E-state index contributed by atoms with van der Waals surface area (Å²) >= 11 is 6.45. The number of carbonyl (C=O) groups is 1. The average Bonchev–Trinajstić information content (AvgIpc) is 3.32. The van der Waals surface area contributed by atoms with E-state index in [1.54, 1.807) is 0 Å². The van der Waals surface area contributed by atoms with E-state index in [2.05, 4.69) is 28.6 Å². The van der Waals surface area contributed by atoms with Crippen molar-refractivity contribution in [3.63, 3.8) is 0 Å². The van der Waals surface area contributed by atoms with Crippen LogP contribution in [0.2, 0.25) is 5.02 Å². The highest BCUT2D eigenvalue weighted by molar-refractivity contribution is 6.35. The second-order valence-electron chi connectivity index (χ2n) is 8.21. The lowest BCUT2D eigenvalue weighted by Crippen LogP contribution is -2.03. The van der Waals surface area contributed by atoms with E-state index in [1.807, 2.05) is 56.4 Å². The van der Waals surface area contributed by atoms with Crippen molar-refractivity contribution in [1.82, 2.24) is 14.7 Å². The molecule has 1 N–H and O–H groups in total.